The Labute approximate surface area is 102 Å². The van der Waals surface area contributed by atoms with Gasteiger partial charge < -0.3 is 10.6 Å². The Hall–Kier alpha value is -1.10. The summed E-state index contributed by atoms with van der Waals surface area (Å²) in [5.74, 6) is 0.0743. The van der Waals surface area contributed by atoms with Crippen molar-refractivity contribution in [1.29, 1.82) is 0 Å². The molecule has 0 unspecified atom stereocenters. The molecule has 0 aromatic heterocycles. The molecule has 17 heavy (non-hydrogen) atoms. The third-order valence-electron chi connectivity index (χ3n) is 3.99. The van der Waals surface area contributed by atoms with Gasteiger partial charge in [0.15, 0.2) is 0 Å². The summed E-state index contributed by atoms with van der Waals surface area (Å²) in [6.07, 6.45) is 4.33. The first kappa shape index (κ1) is 12.4. The van der Waals surface area contributed by atoms with Crippen LogP contribution in [0.3, 0.4) is 0 Å². The first-order chi connectivity index (χ1) is 8.09. The first-order valence-electron chi connectivity index (χ1n) is 6.38. The quantitative estimate of drug-likeness (QED) is 0.726. The number of hydrogen-bond acceptors (Lipinski definition) is 3. The van der Waals surface area contributed by atoms with Gasteiger partial charge >= 0.3 is 0 Å². The number of carbonyl (C=O) groups is 2. The fourth-order valence-electron chi connectivity index (χ4n) is 2.81. The van der Waals surface area contributed by atoms with Crippen molar-refractivity contribution in [1.82, 2.24) is 9.80 Å². The molecule has 2 N–H and O–H groups in total. The summed E-state index contributed by atoms with van der Waals surface area (Å²) >= 11 is 0. The number of piperazine rings is 1. The molecule has 1 saturated heterocycles. The molecule has 5 heteroatoms. The number of primary amides is 1. The minimum Gasteiger partial charge on any atom is -0.368 e. The van der Waals surface area contributed by atoms with Crippen LogP contribution in [-0.2, 0) is 9.59 Å². The Morgan fingerprint density at radius 1 is 1.18 bits per heavy atom. The van der Waals surface area contributed by atoms with Crippen LogP contribution in [0.25, 0.3) is 0 Å². The van der Waals surface area contributed by atoms with Gasteiger partial charge in [-0.1, -0.05) is 12.8 Å². The van der Waals surface area contributed by atoms with Crippen LogP contribution in [0, 0.1) is 5.92 Å². The lowest BCUT2D eigenvalue weighted by Crippen LogP contribution is -2.58. The van der Waals surface area contributed by atoms with Gasteiger partial charge in [0.05, 0.1) is 0 Å². The van der Waals surface area contributed by atoms with Crippen molar-refractivity contribution in [2.24, 2.45) is 11.7 Å². The minimum atomic E-state index is -0.337. The van der Waals surface area contributed by atoms with E-state index in [9.17, 15) is 9.59 Å². The maximum absolute atomic E-state index is 12.2. The molecule has 1 atom stereocenters. The highest BCUT2D eigenvalue weighted by molar-refractivity contribution is 5.83. The Morgan fingerprint density at radius 2 is 1.82 bits per heavy atom. The largest absolute Gasteiger partial charge is 0.368 e. The maximum Gasteiger partial charge on any atom is 0.236 e. The lowest BCUT2D eigenvalue weighted by atomic mass is 10.0. The second-order valence-electron chi connectivity index (χ2n) is 5.16. The molecule has 96 valence electrons. The molecule has 2 fully saturated rings. The van der Waals surface area contributed by atoms with Crippen LogP contribution in [-0.4, -0.2) is 54.3 Å². The SMILES string of the molecule is CN1CCN(C(=O)C2CCCC2)C[C@@H]1C(N)=O. The molecule has 1 heterocycles. The molecule has 0 spiro atoms. The van der Waals surface area contributed by atoms with Crippen LogP contribution >= 0.6 is 0 Å². The zero-order valence-corrected chi connectivity index (χ0v) is 10.4. The average Bonchev–Trinajstić information content (AvgIpc) is 2.81. The Morgan fingerprint density at radius 3 is 2.41 bits per heavy atom. The standard InChI is InChI=1S/C12H21N3O2/c1-14-6-7-15(8-10(14)11(13)16)12(17)9-4-2-3-5-9/h9-10H,2-8H2,1H3,(H2,13,16)/t10-/m1/s1. The summed E-state index contributed by atoms with van der Waals surface area (Å²) in [6.45, 7) is 1.91. The number of carbonyl (C=O) groups excluding carboxylic acids is 2. The fraction of sp³-hybridized carbons (Fsp3) is 0.833. The third kappa shape index (κ3) is 2.60. The van der Waals surface area contributed by atoms with E-state index < -0.39 is 0 Å². The van der Waals surface area contributed by atoms with Gasteiger partial charge in [0.25, 0.3) is 0 Å². The smallest absolute Gasteiger partial charge is 0.236 e. The molecule has 0 aromatic rings. The van der Waals surface area contributed by atoms with E-state index >= 15 is 0 Å². The van der Waals surface area contributed by atoms with E-state index in [1.165, 1.54) is 0 Å². The number of amides is 2. The third-order valence-corrected chi connectivity index (χ3v) is 3.99. The van der Waals surface area contributed by atoms with E-state index in [1.807, 2.05) is 16.8 Å². The maximum atomic E-state index is 12.2. The Kier molecular flexibility index (Phi) is 3.66. The highest BCUT2D eigenvalue weighted by Crippen LogP contribution is 2.27. The zero-order chi connectivity index (χ0) is 12.4. The van der Waals surface area contributed by atoms with Crippen LogP contribution in [0.4, 0.5) is 0 Å². The van der Waals surface area contributed by atoms with Crippen molar-refractivity contribution in [2.75, 3.05) is 26.7 Å². The molecule has 0 aromatic carbocycles. The minimum absolute atomic E-state index is 0.187. The number of rotatable bonds is 2. The number of nitrogens with zero attached hydrogens (tertiary/aromatic N) is 2. The summed E-state index contributed by atoms with van der Waals surface area (Å²) < 4.78 is 0. The van der Waals surface area contributed by atoms with Crippen molar-refractivity contribution in [2.45, 2.75) is 31.7 Å². The molecule has 0 bridgehead atoms. The molecular weight excluding hydrogens is 218 g/mol. The molecule has 2 aliphatic rings. The van der Waals surface area contributed by atoms with Gasteiger partial charge in [-0.25, -0.2) is 0 Å². The van der Waals surface area contributed by atoms with E-state index in [0.29, 0.717) is 6.54 Å². The first-order valence-corrected chi connectivity index (χ1v) is 6.38. The summed E-state index contributed by atoms with van der Waals surface area (Å²) in [6, 6.07) is -0.325. The highest BCUT2D eigenvalue weighted by Gasteiger charge is 2.34. The lowest BCUT2D eigenvalue weighted by molar-refractivity contribution is -0.140. The normalized spacial score (nSPS) is 27.4. The summed E-state index contributed by atoms with van der Waals surface area (Å²) in [4.78, 5) is 27.3. The van der Waals surface area contributed by atoms with Gasteiger partial charge in [0.1, 0.15) is 6.04 Å². The Balaban J connectivity index is 1.97. The number of nitrogens with two attached hydrogens (primary N) is 1. The Bertz CT molecular complexity index is 313. The van der Waals surface area contributed by atoms with Crippen molar-refractivity contribution in [3.05, 3.63) is 0 Å². The van der Waals surface area contributed by atoms with Crippen molar-refractivity contribution >= 4 is 11.8 Å². The average molecular weight is 239 g/mol. The monoisotopic (exact) mass is 239 g/mol. The van der Waals surface area contributed by atoms with E-state index in [0.717, 1.165) is 38.8 Å². The second kappa shape index (κ2) is 5.04. The predicted molar refractivity (Wildman–Crippen MR) is 64.2 cm³/mol. The van der Waals surface area contributed by atoms with Crippen molar-refractivity contribution in [3.63, 3.8) is 0 Å². The van der Waals surface area contributed by atoms with Gasteiger partial charge in [-0.05, 0) is 19.9 Å². The lowest BCUT2D eigenvalue weighted by Gasteiger charge is -2.38. The molecule has 2 rings (SSSR count). The molecule has 1 saturated carbocycles. The highest BCUT2D eigenvalue weighted by atomic mass is 16.2. The van der Waals surface area contributed by atoms with Gasteiger partial charge in [-0.2, -0.15) is 0 Å². The van der Waals surface area contributed by atoms with Crippen LogP contribution in [0.2, 0.25) is 0 Å². The second-order valence-corrected chi connectivity index (χ2v) is 5.16. The summed E-state index contributed by atoms with van der Waals surface area (Å²) in [7, 11) is 1.88. The van der Waals surface area contributed by atoms with E-state index in [1.54, 1.807) is 0 Å². The molecule has 1 aliphatic heterocycles. The number of likely N-dealkylation sites (N-methyl/N-ethyl adjacent to an activating group) is 1. The summed E-state index contributed by atoms with van der Waals surface area (Å²) in [5, 5.41) is 0. The zero-order valence-electron chi connectivity index (χ0n) is 10.4. The van der Waals surface area contributed by atoms with Crippen molar-refractivity contribution < 1.29 is 9.59 Å². The molecule has 5 nitrogen and oxygen atoms in total. The molecule has 0 radical (unpaired) electrons. The van der Waals surface area contributed by atoms with E-state index in [2.05, 4.69) is 0 Å². The van der Waals surface area contributed by atoms with Gasteiger partial charge in [-0.15, -0.1) is 0 Å². The van der Waals surface area contributed by atoms with E-state index in [-0.39, 0.29) is 23.8 Å². The van der Waals surface area contributed by atoms with Crippen LogP contribution in [0.1, 0.15) is 25.7 Å². The summed E-state index contributed by atoms with van der Waals surface area (Å²) in [5.41, 5.74) is 5.35. The predicted octanol–water partition coefficient (Wildman–Crippen LogP) is -0.195. The fourth-order valence-corrected chi connectivity index (χ4v) is 2.81. The topological polar surface area (TPSA) is 66.6 Å². The molecule has 2 amide bonds. The van der Waals surface area contributed by atoms with Crippen LogP contribution in [0.15, 0.2) is 0 Å². The van der Waals surface area contributed by atoms with Gasteiger partial charge in [-0.3, -0.25) is 14.5 Å². The van der Waals surface area contributed by atoms with Gasteiger partial charge in [0, 0.05) is 25.6 Å². The van der Waals surface area contributed by atoms with E-state index in [4.69, 9.17) is 5.73 Å². The van der Waals surface area contributed by atoms with Gasteiger partial charge in [0.2, 0.25) is 11.8 Å². The molecular formula is C12H21N3O2. The number of hydrogen-bond donors (Lipinski definition) is 1. The van der Waals surface area contributed by atoms with Crippen molar-refractivity contribution in [3.8, 4) is 0 Å². The molecule has 1 aliphatic carbocycles. The van der Waals surface area contributed by atoms with Crippen LogP contribution in [0.5, 0.6) is 0 Å². The van der Waals surface area contributed by atoms with Crippen LogP contribution < -0.4 is 5.73 Å².